The molecule has 0 heterocycles. The van der Waals surface area contributed by atoms with Crippen LogP contribution in [-0.2, 0) is 34.9 Å². The van der Waals surface area contributed by atoms with E-state index in [0.29, 0.717) is 25.6 Å². The molecule has 0 bridgehead atoms. The first-order valence-corrected chi connectivity index (χ1v) is 11.4. The third kappa shape index (κ3) is 7.70. The Bertz CT molecular complexity index is 954. The first-order valence-electron chi connectivity index (χ1n) is 9.39. The number of halogens is 3. The molecule has 0 saturated heterocycles. The van der Waals surface area contributed by atoms with Gasteiger partial charge in [0.15, 0.2) is 15.8 Å². The highest BCUT2D eigenvalue weighted by Gasteiger charge is 2.29. The van der Waals surface area contributed by atoms with Crippen molar-refractivity contribution in [2.45, 2.75) is 31.9 Å². The Balaban J connectivity index is 2.05. The predicted octanol–water partition coefficient (Wildman–Crippen LogP) is 3.85. The number of benzene rings is 2. The average Bonchev–Trinajstić information content (AvgIpc) is 2.64. The molecule has 2 rings (SSSR count). The smallest absolute Gasteiger partial charge is 0.357 e. The summed E-state index contributed by atoms with van der Waals surface area (Å²) >= 11 is 0. The summed E-state index contributed by atoms with van der Waals surface area (Å²) in [5.74, 6) is 0.618. The van der Waals surface area contributed by atoms with E-state index < -0.39 is 21.6 Å². The number of rotatable bonds is 7. The van der Waals surface area contributed by atoms with Crippen molar-refractivity contribution in [3.8, 4) is 0 Å². The van der Waals surface area contributed by atoms with Crippen molar-refractivity contribution >= 4 is 15.8 Å². The maximum absolute atomic E-state index is 12.7. The van der Waals surface area contributed by atoms with Crippen LogP contribution in [0.15, 0.2) is 53.5 Å². The second kappa shape index (κ2) is 9.97. The number of hydrogen-bond donors (Lipinski definition) is 1. The molecule has 164 valence electrons. The van der Waals surface area contributed by atoms with Gasteiger partial charge in [0, 0.05) is 26.4 Å². The summed E-state index contributed by atoms with van der Waals surface area (Å²) in [6.07, 6.45) is -3.15. The second-order valence-electron chi connectivity index (χ2n) is 7.11. The van der Waals surface area contributed by atoms with Crippen molar-refractivity contribution < 1.29 is 21.6 Å². The van der Waals surface area contributed by atoms with Crippen molar-refractivity contribution in [1.29, 1.82) is 0 Å². The van der Waals surface area contributed by atoms with E-state index in [4.69, 9.17) is 0 Å². The van der Waals surface area contributed by atoms with Crippen LogP contribution in [0.3, 0.4) is 0 Å². The van der Waals surface area contributed by atoms with Gasteiger partial charge in [0.05, 0.1) is 17.9 Å². The van der Waals surface area contributed by atoms with Gasteiger partial charge in [-0.25, -0.2) is 13.4 Å². The minimum Gasteiger partial charge on any atom is -0.357 e. The summed E-state index contributed by atoms with van der Waals surface area (Å²) in [5.41, 5.74) is 1.71. The van der Waals surface area contributed by atoms with Crippen LogP contribution >= 0.6 is 0 Å². The molecule has 0 atom stereocenters. The Kier molecular flexibility index (Phi) is 7.89. The normalized spacial score (nSPS) is 12.7. The number of aliphatic imine (C=N–C) groups is 1. The van der Waals surface area contributed by atoms with Crippen LogP contribution in [-0.4, -0.2) is 39.1 Å². The number of hydrogen-bond acceptors (Lipinski definition) is 3. The molecule has 2 aromatic rings. The maximum Gasteiger partial charge on any atom is 0.416 e. The minimum absolute atomic E-state index is 0.00491. The molecule has 30 heavy (non-hydrogen) atoms. The van der Waals surface area contributed by atoms with E-state index in [9.17, 15) is 21.6 Å². The first-order chi connectivity index (χ1) is 14.0. The van der Waals surface area contributed by atoms with E-state index in [0.717, 1.165) is 28.8 Å². The first kappa shape index (κ1) is 23.7. The van der Waals surface area contributed by atoms with Crippen LogP contribution < -0.4 is 5.32 Å². The van der Waals surface area contributed by atoms with Crippen molar-refractivity contribution in [1.82, 2.24) is 10.2 Å². The molecule has 0 unspecified atom stereocenters. The van der Waals surface area contributed by atoms with Crippen LogP contribution in [0.2, 0.25) is 0 Å². The fourth-order valence-electron chi connectivity index (χ4n) is 2.83. The van der Waals surface area contributed by atoms with E-state index in [2.05, 4.69) is 10.3 Å². The van der Waals surface area contributed by atoms with E-state index >= 15 is 0 Å². The molecule has 0 aliphatic rings. The highest BCUT2D eigenvalue weighted by molar-refractivity contribution is 7.89. The van der Waals surface area contributed by atoms with Crippen molar-refractivity contribution in [2.75, 3.05) is 19.8 Å². The number of nitrogens with one attached hydrogen (secondary N) is 1. The fourth-order valence-corrected chi connectivity index (χ4v) is 3.63. The summed E-state index contributed by atoms with van der Waals surface area (Å²) < 4.78 is 60.9. The maximum atomic E-state index is 12.7. The van der Waals surface area contributed by atoms with Gasteiger partial charge < -0.3 is 10.2 Å². The molecule has 0 aromatic heterocycles. The highest BCUT2D eigenvalue weighted by atomic mass is 32.2. The number of sulfone groups is 1. The van der Waals surface area contributed by atoms with Gasteiger partial charge in [-0.05, 0) is 35.7 Å². The SMILES string of the molecule is CCNC(=NCc1ccc(CS(C)(=O)=O)cc1)N(C)Cc1ccc(C(F)(F)F)cc1. The van der Waals surface area contributed by atoms with E-state index in [1.54, 1.807) is 12.1 Å². The third-order valence-corrected chi connectivity index (χ3v) is 5.12. The Labute approximate surface area is 175 Å². The van der Waals surface area contributed by atoms with E-state index in [1.807, 2.05) is 31.0 Å². The van der Waals surface area contributed by atoms with Gasteiger partial charge in [-0.1, -0.05) is 36.4 Å². The van der Waals surface area contributed by atoms with Crippen LogP contribution in [0.5, 0.6) is 0 Å². The zero-order chi connectivity index (χ0) is 22.4. The molecule has 9 heteroatoms. The molecule has 5 nitrogen and oxygen atoms in total. The van der Waals surface area contributed by atoms with E-state index in [1.165, 1.54) is 18.4 Å². The van der Waals surface area contributed by atoms with Crippen LogP contribution in [0, 0.1) is 0 Å². The molecular weight excluding hydrogens is 415 g/mol. The van der Waals surface area contributed by atoms with Gasteiger partial charge >= 0.3 is 6.18 Å². The van der Waals surface area contributed by atoms with Crippen molar-refractivity contribution in [3.63, 3.8) is 0 Å². The molecular formula is C21H26F3N3O2S. The standard InChI is InChI=1S/C21H26F3N3O2S/c1-4-25-20(26-13-16-5-7-18(8-6-16)15-30(3,28)29)27(2)14-17-9-11-19(12-10-17)21(22,23)24/h5-12H,4,13-15H2,1-3H3,(H,25,26). The summed E-state index contributed by atoms with van der Waals surface area (Å²) in [6.45, 7) is 3.36. The van der Waals surface area contributed by atoms with Gasteiger partial charge in [-0.2, -0.15) is 13.2 Å². The Morgan fingerprint density at radius 1 is 1.00 bits per heavy atom. The number of alkyl halides is 3. The number of nitrogens with zero attached hydrogens (tertiary/aromatic N) is 2. The predicted molar refractivity (Wildman–Crippen MR) is 113 cm³/mol. The average molecular weight is 442 g/mol. The lowest BCUT2D eigenvalue weighted by molar-refractivity contribution is -0.137. The van der Waals surface area contributed by atoms with Crippen LogP contribution in [0.25, 0.3) is 0 Å². The Morgan fingerprint density at radius 2 is 1.53 bits per heavy atom. The lowest BCUT2D eigenvalue weighted by Gasteiger charge is -2.22. The summed E-state index contributed by atoms with van der Waals surface area (Å²) in [4.78, 5) is 6.41. The molecule has 0 fully saturated rings. The van der Waals surface area contributed by atoms with Crippen molar-refractivity contribution in [2.24, 2.45) is 4.99 Å². The second-order valence-corrected chi connectivity index (χ2v) is 9.25. The third-order valence-electron chi connectivity index (χ3n) is 4.26. The minimum atomic E-state index is -4.35. The molecule has 0 spiro atoms. The van der Waals surface area contributed by atoms with Crippen LogP contribution in [0.4, 0.5) is 13.2 Å². The lowest BCUT2D eigenvalue weighted by Crippen LogP contribution is -2.38. The Hall–Kier alpha value is -2.55. The van der Waals surface area contributed by atoms with Crippen LogP contribution in [0.1, 0.15) is 29.2 Å². The molecule has 1 N–H and O–H groups in total. The largest absolute Gasteiger partial charge is 0.416 e. The molecule has 0 aliphatic heterocycles. The van der Waals surface area contributed by atoms with Gasteiger partial charge in [-0.15, -0.1) is 0 Å². The van der Waals surface area contributed by atoms with Gasteiger partial charge in [0.25, 0.3) is 0 Å². The zero-order valence-electron chi connectivity index (χ0n) is 17.2. The fraction of sp³-hybridized carbons (Fsp3) is 0.381. The topological polar surface area (TPSA) is 61.8 Å². The molecule has 0 amide bonds. The zero-order valence-corrected chi connectivity index (χ0v) is 18.0. The lowest BCUT2D eigenvalue weighted by atomic mass is 10.1. The summed E-state index contributed by atoms with van der Waals surface area (Å²) in [5, 5.41) is 3.17. The van der Waals surface area contributed by atoms with Gasteiger partial charge in [-0.3, -0.25) is 0 Å². The quantitative estimate of drug-likeness (QED) is 0.524. The van der Waals surface area contributed by atoms with Crippen molar-refractivity contribution in [3.05, 3.63) is 70.8 Å². The number of guanidine groups is 1. The van der Waals surface area contributed by atoms with Gasteiger partial charge in [0.2, 0.25) is 0 Å². The monoisotopic (exact) mass is 441 g/mol. The molecule has 2 aromatic carbocycles. The van der Waals surface area contributed by atoms with Gasteiger partial charge in [0.1, 0.15) is 0 Å². The Morgan fingerprint density at radius 3 is 2.03 bits per heavy atom. The molecule has 0 saturated carbocycles. The summed E-state index contributed by atoms with van der Waals surface area (Å²) in [6, 6.07) is 12.3. The highest BCUT2D eigenvalue weighted by Crippen LogP contribution is 2.29. The molecule has 0 radical (unpaired) electrons. The molecule has 0 aliphatic carbocycles. The van der Waals surface area contributed by atoms with E-state index in [-0.39, 0.29) is 5.75 Å². The summed E-state index contributed by atoms with van der Waals surface area (Å²) in [7, 11) is -1.27.